The summed E-state index contributed by atoms with van der Waals surface area (Å²) in [6.45, 7) is 13.9. The number of carboxylic acid groups (broad SMARTS) is 1. The van der Waals surface area contributed by atoms with Crippen LogP contribution in [0.25, 0.3) is 22.3 Å². The Hall–Kier alpha value is -12.1. The fourth-order valence-electron chi connectivity index (χ4n) is 14.5. The van der Waals surface area contributed by atoms with E-state index in [1.165, 1.54) is 58.0 Å². The Morgan fingerprint density at radius 3 is 2.00 bits per heavy atom. The van der Waals surface area contributed by atoms with E-state index < -0.39 is 161 Å². The molecule has 34 nitrogen and oxygen atoms in total. The van der Waals surface area contributed by atoms with Crippen LogP contribution in [0.1, 0.15) is 148 Å². The highest BCUT2D eigenvalue weighted by Crippen LogP contribution is 2.42. The van der Waals surface area contributed by atoms with Crippen LogP contribution < -0.4 is 69.2 Å². The van der Waals surface area contributed by atoms with E-state index in [-0.39, 0.29) is 94.6 Å². The van der Waals surface area contributed by atoms with E-state index in [1.807, 2.05) is 51.1 Å². The molecule has 116 heavy (non-hydrogen) atoms. The number of hydrogen-bond donors (Lipinski definition) is 13. The molecule has 0 aliphatic carbocycles. The molecule has 0 bridgehead atoms. The van der Waals surface area contributed by atoms with E-state index in [4.69, 9.17) is 32.4 Å². The topological polar surface area (TPSA) is 477 Å². The van der Waals surface area contributed by atoms with Crippen LogP contribution in [-0.2, 0) is 86.2 Å². The number of benzene rings is 4. The fraction of sp³-hybridized carbons (Fsp3) is 0.438. The van der Waals surface area contributed by atoms with Gasteiger partial charge in [-0.05, 0) is 160 Å². The largest absolute Gasteiger partial charge is 0.481 e. The van der Waals surface area contributed by atoms with Gasteiger partial charge in [0.2, 0.25) is 47.0 Å². The smallest absolute Gasteiger partial charge is 0.355 e. The zero-order valence-corrected chi connectivity index (χ0v) is 67.2. The minimum atomic E-state index is -4.22. The Labute approximate surface area is 675 Å². The molecule has 36 heteroatoms. The molecule has 11 amide bonds. The number of thiocarbonyl (C=S) groups is 1. The molecular formula is C80H98N16O18S2. The van der Waals surface area contributed by atoms with E-state index in [9.17, 15) is 75.9 Å². The molecule has 10 rings (SSSR count). The number of hydrogen-bond acceptors (Lipinski definition) is 19. The normalized spacial score (nSPS) is 17.4. The van der Waals surface area contributed by atoms with Gasteiger partial charge in [-0.25, -0.2) is 32.6 Å². The van der Waals surface area contributed by atoms with Gasteiger partial charge in [-0.15, -0.1) is 0 Å². The van der Waals surface area contributed by atoms with Gasteiger partial charge in [0, 0.05) is 58.9 Å². The Kier molecular flexibility index (Phi) is 28.2. The standard InChI is InChI=1S/C80H98N16O18S2/c1-9-29-82-77(109)85-51-19-14-21-53(36-51)116(111,112)93-52-20-13-18-47(35-52)57(39-66(99)100)91-78(110)84-49-25-27-50(28-26-49)86-79(115)95-31-16-24-62(95)74(106)94-30-15-23-61(94)72(104)90-58(32-43(3)4)69(101)83-40-65(98)87-59(33-44(5)6)70(102)89-60(38-64(81)97)71(103)92-67(45(7)8)75(107)114-80(10-2)55-37-63-68-48(34-46-17-11-12-22-56(46)88-68)41-96(63)73(105)54(55)42-113-76(80)108/h11-14,17-22,25-28,34-37,43-45,57-62,67,93H,9-10,15-16,23-24,29-33,38-42H2,1-8H3,(H2,81,97)(H,83,101)(H,86,115)(H,87,98)(H,89,102)(H,90,104)(H,92,103)(H,99,100)(H2,82,85,109)(H2,84,91,110)/t57?,58-,59+,60+,61+,62+,67+,80+/m0/s1. The van der Waals surface area contributed by atoms with Gasteiger partial charge in [0.15, 0.2) is 5.11 Å². The number of carboxylic acids is 1. The zero-order chi connectivity index (χ0) is 84.0. The Morgan fingerprint density at radius 2 is 1.33 bits per heavy atom. The number of esters is 2. The number of cyclic esters (lactones) is 1. The number of aliphatic carboxylic acids is 1. The maximum atomic E-state index is 14.6. The molecule has 4 aliphatic heterocycles. The third-order valence-electron chi connectivity index (χ3n) is 20.2. The molecule has 2 aromatic heterocycles. The molecule has 4 aliphatic rings. The van der Waals surface area contributed by atoms with Crippen LogP contribution in [-0.4, -0.2) is 172 Å². The highest BCUT2D eigenvalue weighted by atomic mass is 32.2. The van der Waals surface area contributed by atoms with Gasteiger partial charge < -0.3 is 87.8 Å². The first-order valence-corrected chi connectivity index (χ1v) is 40.4. The molecule has 2 fully saturated rings. The second-order valence-electron chi connectivity index (χ2n) is 30.2. The van der Waals surface area contributed by atoms with Gasteiger partial charge in [0.05, 0.1) is 59.3 Å². The lowest BCUT2D eigenvalue weighted by Crippen LogP contribution is -2.59. The fourth-order valence-corrected chi connectivity index (χ4v) is 15.9. The Morgan fingerprint density at radius 1 is 0.681 bits per heavy atom. The van der Waals surface area contributed by atoms with E-state index in [0.29, 0.717) is 67.1 Å². The number of anilines is 4. The molecule has 6 aromatic rings. The zero-order valence-electron chi connectivity index (χ0n) is 65.5. The number of nitrogens with two attached hydrogens (primary N) is 1. The molecule has 0 radical (unpaired) electrons. The van der Waals surface area contributed by atoms with Gasteiger partial charge in [-0.2, -0.15) is 0 Å². The molecular weight excluding hydrogens is 1540 g/mol. The van der Waals surface area contributed by atoms with Crippen molar-refractivity contribution in [2.75, 3.05) is 46.9 Å². The molecule has 0 spiro atoms. The summed E-state index contributed by atoms with van der Waals surface area (Å²) in [5, 5.41) is 37.6. The second-order valence-corrected chi connectivity index (χ2v) is 32.3. The van der Waals surface area contributed by atoms with E-state index in [2.05, 4.69) is 57.9 Å². The number of para-hydroxylation sites is 1. The average Bonchev–Trinajstić information content (AvgIpc) is 1.47. The summed E-state index contributed by atoms with van der Waals surface area (Å²) in [6, 6.07) is 18.8. The van der Waals surface area contributed by atoms with Crippen LogP contribution in [0.5, 0.6) is 0 Å². The predicted octanol–water partition coefficient (Wildman–Crippen LogP) is 5.83. The minimum Gasteiger partial charge on any atom is -0.481 e. The van der Waals surface area contributed by atoms with Gasteiger partial charge in [-0.3, -0.25) is 47.9 Å². The van der Waals surface area contributed by atoms with E-state index in [1.54, 1.807) is 69.9 Å². The summed E-state index contributed by atoms with van der Waals surface area (Å²) in [5.74, 6) is -10.1. The third kappa shape index (κ3) is 21.1. The molecule has 4 aromatic carbocycles. The first kappa shape index (κ1) is 86.3. The van der Waals surface area contributed by atoms with Crippen LogP contribution >= 0.6 is 12.2 Å². The number of nitrogens with zero attached hydrogens (tertiary/aromatic N) is 4. The molecule has 6 heterocycles. The number of carbonyl (C=O) groups excluding carboxylic acids is 11. The Bertz CT molecular complexity index is 4980. The van der Waals surface area contributed by atoms with Crippen LogP contribution in [0.3, 0.4) is 0 Å². The number of ether oxygens (including phenoxy) is 2. The first-order chi connectivity index (χ1) is 55.1. The van der Waals surface area contributed by atoms with Crippen molar-refractivity contribution in [3.8, 4) is 11.4 Å². The lowest BCUT2D eigenvalue weighted by atomic mass is 9.85. The second kappa shape index (κ2) is 37.9. The number of primary amides is 1. The monoisotopic (exact) mass is 1630 g/mol. The predicted molar refractivity (Wildman–Crippen MR) is 432 cm³/mol. The summed E-state index contributed by atoms with van der Waals surface area (Å²) in [4.78, 5) is 186. The van der Waals surface area contributed by atoms with Gasteiger partial charge in [0.25, 0.3) is 15.6 Å². The average molecular weight is 1640 g/mol. The SMILES string of the molecule is CCCNC(=O)Nc1cccc(S(=O)(=O)Nc2cccc(C(CC(=O)O)NC(=O)Nc3ccc(NC(=S)N4CCC[C@@H]4C(=O)N4CCC[C@@H]4C(=O)N[C@@H](CC(C)C)C(=O)NCC(=O)N[C@H](CC(C)C)C(=O)N[C@H](CC(N)=O)C(=O)N[C@@H](C(=O)O[C@@]4(CC)C(=O)OCc5c4cc4n(c5=O)Cc5cc6ccccc6nc5-4)C(C)C)cc3)c2)c1. The Balaban J connectivity index is 0.712. The summed E-state index contributed by atoms with van der Waals surface area (Å²) in [5.41, 5.74) is 6.85. The number of carbonyl (C=O) groups is 12. The number of amides is 11. The highest BCUT2D eigenvalue weighted by Gasteiger charge is 2.52. The summed E-state index contributed by atoms with van der Waals surface area (Å²) in [7, 11) is -4.22. The summed E-state index contributed by atoms with van der Waals surface area (Å²) < 4.78 is 42.6. The van der Waals surface area contributed by atoms with Crippen molar-refractivity contribution in [3.05, 3.63) is 142 Å². The minimum absolute atomic E-state index is 0.0119. The molecule has 8 atom stereocenters. The number of aromatic nitrogens is 2. The van der Waals surface area contributed by atoms with Crippen molar-refractivity contribution in [1.29, 1.82) is 0 Å². The summed E-state index contributed by atoms with van der Waals surface area (Å²) >= 11 is 5.85. The number of urea groups is 2. The van der Waals surface area contributed by atoms with Crippen LogP contribution in [0.4, 0.5) is 32.3 Å². The molecule has 14 N–H and O–H groups in total. The van der Waals surface area contributed by atoms with Crippen molar-refractivity contribution in [1.82, 2.24) is 56.6 Å². The number of likely N-dealkylation sites (tertiary alicyclic amines) is 2. The van der Waals surface area contributed by atoms with Crippen LogP contribution in [0, 0.1) is 17.8 Å². The third-order valence-corrected chi connectivity index (χ3v) is 21.9. The van der Waals surface area contributed by atoms with Crippen LogP contribution in [0.15, 0.2) is 119 Å². The lowest BCUT2D eigenvalue weighted by molar-refractivity contribution is -0.191. The number of rotatable bonds is 33. The quantitative estimate of drug-likeness (QED) is 0.0170. The maximum Gasteiger partial charge on any atom is 0.355 e. The van der Waals surface area contributed by atoms with Crippen molar-refractivity contribution in [3.63, 3.8) is 0 Å². The van der Waals surface area contributed by atoms with E-state index in [0.717, 1.165) is 10.9 Å². The van der Waals surface area contributed by atoms with Gasteiger partial charge in [-0.1, -0.05) is 91.8 Å². The van der Waals surface area contributed by atoms with Crippen molar-refractivity contribution < 1.29 is 80.5 Å². The number of pyridine rings is 2. The molecule has 618 valence electrons. The number of nitrogens with one attached hydrogen (secondary N) is 11. The van der Waals surface area contributed by atoms with Crippen molar-refractivity contribution >= 4 is 132 Å². The number of fused-ring (bicyclic) bond motifs is 5. The molecule has 0 saturated carbocycles. The van der Waals surface area contributed by atoms with Crippen molar-refractivity contribution in [2.45, 2.75) is 186 Å². The highest BCUT2D eigenvalue weighted by molar-refractivity contribution is 7.92. The lowest BCUT2D eigenvalue weighted by Gasteiger charge is -2.37. The molecule has 2 saturated heterocycles. The van der Waals surface area contributed by atoms with Gasteiger partial charge >= 0.3 is 30.0 Å². The first-order valence-electron chi connectivity index (χ1n) is 38.5. The van der Waals surface area contributed by atoms with Crippen LogP contribution in [0.2, 0.25) is 0 Å². The van der Waals surface area contributed by atoms with Crippen molar-refractivity contribution in [2.24, 2.45) is 23.5 Å². The number of sulfonamides is 1. The van der Waals surface area contributed by atoms with E-state index >= 15 is 0 Å². The molecule has 1 unspecified atom stereocenters. The maximum absolute atomic E-state index is 14.6. The summed E-state index contributed by atoms with van der Waals surface area (Å²) in [6.07, 6.45) is 0.988. The van der Waals surface area contributed by atoms with Gasteiger partial charge in [0.1, 0.15) is 42.9 Å².